The highest BCUT2D eigenvalue weighted by Crippen LogP contribution is 2.31. The Hall–Kier alpha value is -2.59. The van der Waals surface area contributed by atoms with Crippen LogP contribution in [0.3, 0.4) is 0 Å². The molecule has 1 aromatic heterocycles. The fourth-order valence-corrected chi connectivity index (χ4v) is 3.47. The lowest BCUT2D eigenvalue weighted by atomic mass is 10.0. The maximum Gasteiger partial charge on any atom is 0.163 e. The number of carbonyl (C=O) groups is 1. The molecule has 0 spiro atoms. The van der Waals surface area contributed by atoms with Gasteiger partial charge in [-0.1, -0.05) is 24.3 Å². The second kappa shape index (κ2) is 8.19. The maximum atomic E-state index is 12.0. The Morgan fingerprint density at radius 1 is 1.15 bits per heavy atom. The Labute approximate surface area is 158 Å². The lowest BCUT2D eigenvalue weighted by Crippen LogP contribution is -2.08. The van der Waals surface area contributed by atoms with Crippen LogP contribution in [0.4, 0.5) is 0 Å². The van der Waals surface area contributed by atoms with Crippen molar-refractivity contribution in [3.63, 3.8) is 0 Å². The smallest absolute Gasteiger partial charge is 0.163 e. The number of benzene rings is 2. The minimum absolute atomic E-state index is 0.0265. The Morgan fingerprint density at radius 3 is 2.65 bits per heavy atom. The van der Waals surface area contributed by atoms with E-state index < -0.39 is 0 Å². The molecule has 0 bridgehead atoms. The molecule has 0 saturated heterocycles. The van der Waals surface area contributed by atoms with Crippen LogP contribution in [-0.4, -0.2) is 5.78 Å². The second-order valence-corrected chi connectivity index (χ2v) is 7.03. The third kappa shape index (κ3) is 4.33. The van der Waals surface area contributed by atoms with Gasteiger partial charge >= 0.3 is 0 Å². The molecule has 3 nitrogen and oxygen atoms in total. The summed E-state index contributed by atoms with van der Waals surface area (Å²) in [5.41, 5.74) is 3.95. The quantitative estimate of drug-likeness (QED) is 0.483. The van der Waals surface area contributed by atoms with Crippen molar-refractivity contribution < 1.29 is 14.3 Å². The Kier molecular flexibility index (Phi) is 5.74. The van der Waals surface area contributed by atoms with Gasteiger partial charge in [0.2, 0.25) is 0 Å². The van der Waals surface area contributed by atoms with Gasteiger partial charge in [0.15, 0.2) is 5.78 Å². The molecule has 0 aliphatic carbocycles. The number of carbonyl (C=O) groups excluding carboxylic acids is 1. The highest BCUT2D eigenvalue weighted by molar-refractivity contribution is 7.07. The summed E-state index contributed by atoms with van der Waals surface area (Å²) < 4.78 is 12.0. The van der Waals surface area contributed by atoms with E-state index >= 15 is 0 Å². The highest BCUT2D eigenvalue weighted by Gasteiger charge is 2.15. The number of rotatable bonds is 7. The number of thiophene rings is 1. The van der Waals surface area contributed by atoms with Crippen molar-refractivity contribution in [2.45, 2.75) is 33.5 Å². The van der Waals surface area contributed by atoms with Gasteiger partial charge in [0, 0.05) is 6.07 Å². The van der Waals surface area contributed by atoms with Crippen LogP contribution in [0.25, 0.3) is 0 Å². The average Bonchev–Trinajstić information content (AvgIpc) is 3.13. The molecule has 1 atom stereocenters. The molecule has 0 aliphatic rings. The molecular formula is C22H22O3S. The lowest BCUT2D eigenvalue weighted by Gasteiger charge is -2.19. The maximum absolute atomic E-state index is 12.0. The molecule has 3 rings (SSSR count). The van der Waals surface area contributed by atoms with E-state index in [2.05, 4.69) is 18.4 Å². The van der Waals surface area contributed by atoms with Crippen LogP contribution in [0, 0.1) is 6.92 Å². The van der Waals surface area contributed by atoms with Crippen LogP contribution in [-0.2, 0) is 6.61 Å². The van der Waals surface area contributed by atoms with E-state index in [1.807, 2.05) is 42.6 Å². The van der Waals surface area contributed by atoms with E-state index in [0.717, 1.165) is 16.7 Å². The number of aryl methyl sites for hydroxylation is 1. The van der Waals surface area contributed by atoms with Crippen LogP contribution >= 0.6 is 11.3 Å². The van der Waals surface area contributed by atoms with Gasteiger partial charge in [0.1, 0.15) is 24.2 Å². The summed E-state index contributed by atoms with van der Waals surface area (Å²) in [6, 6.07) is 15.5. The van der Waals surface area contributed by atoms with Crippen LogP contribution in [0.1, 0.15) is 47.0 Å². The summed E-state index contributed by atoms with van der Waals surface area (Å²) in [6.45, 7) is 6.09. The van der Waals surface area contributed by atoms with Gasteiger partial charge in [-0.25, -0.2) is 0 Å². The Bertz CT molecular complexity index is 884. The molecule has 26 heavy (non-hydrogen) atoms. The standard InChI is InChI=1S/C22H22O3S/c1-15-6-4-5-7-20(15)17(3)25-22-12-19(8-9-21(22)16(2)23)24-13-18-10-11-26-14-18/h4-12,14,17H,13H2,1-3H3. The molecule has 0 radical (unpaired) electrons. The van der Waals surface area contributed by atoms with Crippen molar-refractivity contribution >= 4 is 17.1 Å². The zero-order valence-electron chi connectivity index (χ0n) is 15.2. The molecule has 0 N–H and O–H groups in total. The van der Waals surface area contributed by atoms with Gasteiger partial charge in [0.25, 0.3) is 0 Å². The first-order valence-electron chi connectivity index (χ1n) is 8.55. The predicted molar refractivity (Wildman–Crippen MR) is 105 cm³/mol. The first-order chi connectivity index (χ1) is 12.5. The molecule has 1 heterocycles. The average molecular weight is 366 g/mol. The first kappa shape index (κ1) is 18.2. The normalized spacial score (nSPS) is 11.8. The third-order valence-electron chi connectivity index (χ3n) is 4.25. The van der Waals surface area contributed by atoms with Gasteiger partial charge in [0.05, 0.1) is 5.56 Å². The van der Waals surface area contributed by atoms with E-state index in [1.165, 1.54) is 0 Å². The Morgan fingerprint density at radius 2 is 1.96 bits per heavy atom. The molecule has 0 saturated carbocycles. The summed E-state index contributed by atoms with van der Waals surface area (Å²) in [6.07, 6.45) is -0.165. The van der Waals surface area contributed by atoms with Crippen molar-refractivity contribution in [3.8, 4) is 11.5 Å². The molecule has 0 fully saturated rings. The van der Waals surface area contributed by atoms with Gasteiger partial charge in [-0.15, -0.1) is 0 Å². The molecule has 134 valence electrons. The van der Waals surface area contributed by atoms with Crippen LogP contribution in [0.2, 0.25) is 0 Å². The molecule has 2 aromatic carbocycles. The number of Topliss-reactive ketones (excluding diaryl/α,β-unsaturated/α-hetero) is 1. The largest absolute Gasteiger partial charge is 0.489 e. The second-order valence-electron chi connectivity index (χ2n) is 6.25. The van der Waals surface area contributed by atoms with Crippen LogP contribution in [0.5, 0.6) is 11.5 Å². The zero-order chi connectivity index (χ0) is 18.5. The fourth-order valence-electron chi connectivity index (χ4n) is 2.82. The van der Waals surface area contributed by atoms with Crippen molar-refractivity contribution in [3.05, 3.63) is 81.5 Å². The van der Waals surface area contributed by atoms with Gasteiger partial charge in [-0.2, -0.15) is 11.3 Å². The van der Waals surface area contributed by atoms with Gasteiger partial charge in [-0.05, 0) is 66.4 Å². The number of hydrogen-bond donors (Lipinski definition) is 0. The van der Waals surface area contributed by atoms with E-state index in [1.54, 1.807) is 30.4 Å². The number of ether oxygens (including phenoxy) is 2. The van der Waals surface area contributed by atoms with E-state index in [-0.39, 0.29) is 11.9 Å². The van der Waals surface area contributed by atoms with Crippen LogP contribution < -0.4 is 9.47 Å². The molecular weight excluding hydrogens is 344 g/mol. The first-order valence-corrected chi connectivity index (χ1v) is 9.50. The Balaban J connectivity index is 1.82. The van der Waals surface area contributed by atoms with E-state index in [0.29, 0.717) is 23.7 Å². The van der Waals surface area contributed by atoms with Crippen molar-refractivity contribution in [1.82, 2.24) is 0 Å². The summed E-state index contributed by atoms with van der Waals surface area (Å²) in [4.78, 5) is 12.0. The summed E-state index contributed by atoms with van der Waals surface area (Å²) in [5.74, 6) is 1.21. The van der Waals surface area contributed by atoms with Crippen molar-refractivity contribution in [2.24, 2.45) is 0 Å². The number of ketones is 1. The summed E-state index contributed by atoms with van der Waals surface area (Å²) in [7, 11) is 0. The molecule has 3 aromatic rings. The zero-order valence-corrected chi connectivity index (χ0v) is 16.0. The van der Waals surface area contributed by atoms with Gasteiger partial charge < -0.3 is 9.47 Å². The van der Waals surface area contributed by atoms with Crippen molar-refractivity contribution in [1.29, 1.82) is 0 Å². The number of hydrogen-bond acceptors (Lipinski definition) is 4. The molecule has 0 amide bonds. The van der Waals surface area contributed by atoms with E-state index in [4.69, 9.17) is 9.47 Å². The summed E-state index contributed by atoms with van der Waals surface area (Å²) in [5, 5.41) is 4.08. The fraction of sp³-hybridized carbons (Fsp3) is 0.227. The monoisotopic (exact) mass is 366 g/mol. The van der Waals surface area contributed by atoms with Crippen molar-refractivity contribution in [2.75, 3.05) is 0 Å². The molecule has 4 heteroatoms. The van der Waals surface area contributed by atoms with E-state index in [9.17, 15) is 4.79 Å². The highest BCUT2D eigenvalue weighted by atomic mass is 32.1. The van der Waals surface area contributed by atoms with Crippen LogP contribution in [0.15, 0.2) is 59.3 Å². The topological polar surface area (TPSA) is 35.5 Å². The lowest BCUT2D eigenvalue weighted by molar-refractivity contribution is 0.101. The molecule has 0 aliphatic heterocycles. The van der Waals surface area contributed by atoms with Gasteiger partial charge in [-0.3, -0.25) is 4.79 Å². The molecule has 1 unspecified atom stereocenters. The minimum Gasteiger partial charge on any atom is -0.489 e. The summed E-state index contributed by atoms with van der Waals surface area (Å²) >= 11 is 1.64. The third-order valence-corrected chi connectivity index (χ3v) is 4.98. The minimum atomic E-state index is -0.165. The SMILES string of the molecule is CC(=O)c1ccc(OCc2ccsc2)cc1OC(C)c1ccccc1C. The predicted octanol–water partition coefficient (Wildman–Crippen LogP) is 5.98.